The molecule has 0 amide bonds. The van der Waals surface area contributed by atoms with Gasteiger partial charge in [0.2, 0.25) is 0 Å². The Morgan fingerprint density at radius 1 is 1.08 bits per heavy atom. The van der Waals surface area contributed by atoms with Crippen LogP contribution in [0, 0.1) is 17.3 Å². The van der Waals surface area contributed by atoms with E-state index in [1.807, 2.05) is 6.07 Å². The molecule has 3 aliphatic carbocycles. The van der Waals surface area contributed by atoms with Gasteiger partial charge in [-0.05, 0) is 85.0 Å². The molecule has 1 saturated heterocycles. The van der Waals surface area contributed by atoms with Crippen LogP contribution in [0.5, 0.6) is 5.75 Å². The lowest BCUT2D eigenvalue weighted by Gasteiger charge is -2.51. The molecule has 1 heterocycles. The Morgan fingerprint density at radius 3 is 2.53 bits per heavy atom. The van der Waals surface area contributed by atoms with Crippen LogP contribution in [0.3, 0.4) is 0 Å². The normalized spacial score (nSPS) is 42.2. The molecule has 5 N–H and O–H groups in total. The fraction of sp³-hybridized carbons (Fsp3) is 0.708. The monoisotopic (exact) mass is 528 g/mol. The van der Waals surface area contributed by atoms with Gasteiger partial charge in [-0.15, -0.1) is 0 Å². The van der Waals surface area contributed by atoms with Crippen LogP contribution >= 0.6 is 0 Å². The lowest BCUT2D eigenvalue weighted by molar-refractivity contribution is -0.312. The Balaban J connectivity index is 1.32. The van der Waals surface area contributed by atoms with Crippen molar-refractivity contribution in [1.82, 2.24) is 0 Å². The highest BCUT2D eigenvalue weighted by atomic mass is 32.3. The van der Waals surface area contributed by atoms with Crippen molar-refractivity contribution in [3.05, 3.63) is 29.3 Å². The summed E-state index contributed by atoms with van der Waals surface area (Å²) in [4.78, 5) is 11.5. The zero-order valence-electron chi connectivity index (χ0n) is 19.8. The van der Waals surface area contributed by atoms with Gasteiger partial charge in [0.15, 0.2) is 12.4 Å². The molecule has 11 nitrogen and oxygen atoms in total. The third kappa shape index (κ3) is 4.42. The summed E-state index contributed by atoms with van der Waals surface area (Å²) in [5.41, 5.74) is 1.93. The van der Waals surface area contributed by atoms with Gasteiger partial charge in [0, 0.05) is 0 Å². The van der Waals surface area contributed by atoms with Gasteiger partial charge in [-0.25, -0.2) is 4.79 Å². The van der Waals surface area contributed by atoms with E-state index in [9.17, 15) is 33.6 Å². The van der Waals surface area contributed by atoms with Crippen LogP contribution in [0.2, 0.25) is 0 Å². The lowest BCUT2D eigenvalue weighted by atomic mass is 9.55. The van der Waals surface area contributed by atoms with Gasteiger partial charge >= 0.3 is 16.4 Å². The van der Waals surface area contributed by atoms with Crippen molar-refractivity contribution in [3.8, 4) is 5.75 Å². The van der Waals surface area contributed by atoms with Crippen molar-refractivity contribution in [2.75, 3.05) is 0 Å². The fourth-order valence-electron chi connectivity index (χ4n) is 7.23. The number of carbonyl (C=O) groups is 1. The van der Waals surface area contributed by atoms with Crippen molar-refractivity contribution in [2.45, 2.75) is 88.2 Å². The van der Waals surface area contributed by atoms with E-state index < -0.39 is 47.1 Å². The van der Waals surface area contributed by atoms with Crippen molar-refractivity contribution in [2.24, 2.45) is 17.3 Å². The second-order valence-corrected chi connectivity index (χ2v) is 11.8. The zero-order chi connectivity index (χ0) is 26.0. The van der Waals surface area contributed by atoms with Crippen molar-refractivity contribution in [1.29, 1.82) is 0 Å². The maximum atomic E-state index is 11.5. The minimum absolute atomic E-state index is 0.0858. The summed E-state index contributed by atoms with van der Waals surface area (Å²) < 4.78 is 47.3. The summed E-state index contributed by atoms with van der Waals surface area (Å²) in [6, 6.07) is 5.11. The number of hydrogen-bond acceptors (Lipinski definition) is 9. The molecule has 1 unspecified atom stereocenters. The number of rotatable bonds is 5. The molecule has 3 fully saturated rings. The Labute approximate surface area is 208 Å². The van der Waals surface area contributed by atoms with Gasteiger partial charge in [0.1, 0.15) is 24.1 Å². The summed E-state index contributed by atoms with van der Waals surface area (Å²) in [5.74, 6) is -0.383. The Kier molecular flexibility index (Phi) is 6.60. The maximum Gasteiger partial charge on any atom is 0.446 e. The number of carboxylic acids is 1. The van der Waals surface area contributed by atoms with E-state index in [4.69, 9.17) is 14.0 Å². The van der Waals surface area contributed by atoms with Crippen LogP contribution in [-0.4, -0.2) is 76.2 Å². The standard InChI is InChI=1S/C24H32O11S/c1-24-9-8-14-13-5-3-12(35-36(30,31)32)10-11(13)2-4-15(14)16(24)6-7-17(24)33-23-20(27)18(25)19(26)21(34-23)22(28)29/h3,5,10,14-21,23,25-27H,2,4,6-9H2,1H3,(H,28,29)(H,30,31,32)/t14-,15-,16+,17+,18+,19+,20-,21+,23?,24+/m1/s1. The van der Waals surface area contributed by atoms with Gasteiger partial charge in [-0.1, -0.05) is 13.0 Å². The minimum atomic E-state index is -4.59. The fourth-order valence-corrected chi connectivity index (χ4v) is 7.58. The topological polar surface area (TPSA) is 180 Å². The highest BCUT2D eigenvalue weighted by Crippen LogP contribution is 2.62. The molecule has 0 spiro atoms. The highest BCUT2D eigenvalue weighted by molar-refractivity contribution is 7.81. The van der Waals surface area contributed by atoms with Crippen LogP contribution in [0.15, 0.2) is 18.2 Å². The number of benzene rings is 1. The average Bonchev–Trinajstić information content (AvgIpc) is 3.13. The van der Waals surface area contributed by atoms with Gasteiger partial charge in [0.05, 0.1) is 6.10 Å². The minimum Gasteiger partial charge on any atom is -0.479 e. The Hall–Kier alpha value is -1.80. The van der Waals surface area contributed by atoms with Crippen LogP contribution in [0.1, 0.15) is 56.1 Å². The van der Waals surface area contributed by atoms with Crippen LogP contribution in [-0.2, 0) is 31.1 Å². The molecular formula is C24H32O11S. The average molecular weight is 529 g/mol. The van der Waals surface area contributed by atoms with Crippen molar-refractivity contribution >= 4 is 16.4 Å². The lowest BCUT2D eigenvalue weighted by Crippen LogP contribution is -2.61. The first kappa shape index (κ1) is 25.8. The number of fused-ring (bicyclic) bond motifs is 5. The van der Waals surface area contributed by atoms with E-state index >= 15 is 0 Å². The molecule has 10 atom stereocenters. The highest BCUT2D eigenvalue weighted by Gasteiger charge is 2.57. The first-order valence-electron chi connectivity index (χ1n) is 12.3. The summed E-state index contributed by atoms with van der Waals surface area (Å²) in [6.45, 7) is 2.15. The van der Waals surface area contributed by atoms with Crippen molar-refractivity contribution < 1.29 is 51.8 Å². The summed E-state index contributed by atoms with van der Waals surface area (Å²) >= 11 is 0. The number of aliphatic hydroxyl groups is 3. The van der Waals surface area contributed by atoms with Crippen LogP contribution < -0.4 is 4.18 Å². The maximum absolute atomic E-state index is 11.5. The first-order chi connectivity index (χ1) is 16.9. The second kappa shape index (κ2) is 9.19. The third-order valence-electron chi connectivity index (χ3n) is 8.92. The summed E-state index contributed by atoms with van der Waals surface area (Å²) in [7, 11) is -4.59. The smallest absolute Gasteiger partial charge is 0.446 e. The van der Waals surface area contributed by atoms with E-state index in [1.165, 1.54) is 0 Å². The second-order valence-electron chi connectivity index (χ2n) is 10.8. The predicted molar refractivity (Wildman–Crippen MR) is 122 cm³/mol. The molecule has 1 aromatic carbocycles. The van der Waals surface area contributed by atoms with Crippen LogP contribution in [0.4, 0.5) is 0 Å². The van der Waals surface area contributed by atoms with E-state index in [2.05, 4.69) is 11.1 Å². The van der Waals surface area contributed by atoms with E-state index in [-0.39, 0.29) is 23.2 Å². The Morgan fingerprint density at radius 2 is 1.83 bits per heavy atom. The molecule has 1 aromatic rings. The molecule has 5 rings (SSSR count). The van der Waals surface area contributed by atoms with E-state index in [1.54, 1.807) is 12.1 Å². The number of ether oxygens (including phenoxy) is 2. The van der Waals surface area contributed by atoms with Gasteiger partial charge < -0.3 is 34.1 Å². The van der Waals surface area contributed by atoms with E-state index in [0.717, 1.165) is 43.2 Å². The van der Waals surface area contributed by atoms with E-state index in [0.29, 0.717) is 18.3 Å². The molecule has 1 aliphatic heterocycles. The third-order valence-corrected chi connectivity index (χ3v) is 9.33. The largest absolute Gasteiger partial charge is 0.479 e. The number of hydrogen-bond donors (Lipinski definition) is 5. The number of aliphatic carboxylic acids is 1. The number of aliphatic hydroxyl groups excluding tert-OH is 3. The Bertz CT molecular complexity index is 1120. The molecule has 0 aromatic heterocycles. The van der Waals surface area contributed by atoms with Crippen molar-refractivity contribution in [3.63, 3.8) is 0 Å². The molecule has 0 radical (unpaired) electrons. The zero-order valence-corrected chi connectivity index (χ0v) is 20.6. The summed E-state index contributed by atoms with van der Waals surface area (Å²) in [6.07, 6.45) is -3.49. The van der Waals surface area contributed by atoms with Gasteiger partial charge in [0.25, 0.3) is 0 Å². The number of aryl methyl sites for hydroxylation is 1. The van der Waals surface area contributed by atoms with Crippen LogP contribution in [0.25, 0.3) is 0 Å². The summed E-state index contributed by atoms with van der Waals surface area (Å²) in [5, 5.41) is 39.9. The quantitative estimate of drug-likeness (QED) is 0.344. The predicted octanol–water partition coefficient (Wildman–Crippen LogP) is 1.00. The van der Waals surface area contributed by atoms with Gasteiger partial charge in [-0.3, -0.25) is 4.55 Å². The molecule has 0 bridgehead atoms. The molecule has 200 valence electrons. The molecule has 4 aliphatic rings. The molecule has 12 heteroatoms. The molecule has 2 saturated carbocycles. The first-order valence-corrected chi connectivity index (χ1v) is 13.6. The SMILES string of the molecule is C[C@]12CC[C@@H]3c4ccc(OS(=O)(=O)O)cc4CC[C@H]3[C@@H]1CC[C@@H]2OC1O[C@H](C(=O)O)[C@@H](O)[C@H](O)[C@H]1O. The molecular weight excluding hydrogens is 496 g/mol. The molecule has 36 heavy (non-hydrogen) atoms. The number of carboxylic acid groups (broad SMARTS) is 1. The van der Waals surface area contributed by atoms with Gasteiger partial charge in [-0.2, -0.15) is 8.42 Å².